The van der Waals surface area contributed by atoms with E-state index in [1.807, 2.05) is 11.8 Å². The molecular formula is C16H20ClN3O4S. The molecule has 0 amide bonds. The number of aromatic nitrogens is 2. The zero-order valence-electron chi connectivity index (χ0n) is 14.3. The number of benzene rings is 1. The maximum atomic E-state index is 11.9. The summed E-state index contributed by atoms with van der Waals surface area (Å²) in [5.41, 5.74) is 0.618. The molecule has 2 heterocycles. The molecule has 1 aromatic carbocycles. The van der Waals surface area contributed by atoms with E-state index < -0.39 is 9.84 Å². The molecule has 1 fully saturated rings. The third kappa shape index (κ3) is 3.46. The standard InChI is InChI=1S/C16H20ClN3O4S/c1-4-20(10-5-6-25(21,22)9-10)15-11-7-13(23-2)14(24-3)8-12(11)18-16(17)19-15/h7-8,10H,4-6,9H2,1-3H3. The highest BCUT2D eigenvalue weighted by Crippen LogP contribution is 2.37. The van der Waals surface area contributed by atoms with Crippen molar-refractivity contribution in [3.63, 3.8) is 0 Å². The first-order valence-corrected chi connectivity index (χ1v) is 10.1. The van der Waals surface area contributed by atoms with Gasteiger partial charge in [-0.05, 0) is 31.0 Å². The second-order valence-corrected chi connectivity index (χ2v) is 8.45. The van der Waals surface area contributed by atoms with E-state index in [1.165, 1.54) is 0 Å². The van der Waals surface area contributed by atoms with Crippen molar-refractivity contribution in [3.05, 3.63) is 17.4 Å². The van der Waals surface area contributed by atoms with Crippen LogP contribution in [0.2, 0.25) is 5.28 Å². The van der Waals surface area contributed by atoms with Crippen molar-refractivity contribution in [2.45, 2.75) is 19.4 Å². The molecule has 0 N–H and O–H groups in total. The molecule has 2 aromatic rings. The van der Waals surface area contributed by atoms with Crippen LogP contribution in [0.1, 0.15) is 13.3 Å². The summed E-state index contributed by atoms with van der Waals surface area (Å²) in [7, 11) is 0.0993. The number of nitrogens with zero attached hydrogens (tertiary/aromatic N) is 3. The van der Waals surface area contributed by atoms with Crippen LogP contribution in [0.25, 0.3) is 10.9 Å². The fourth-order valence-corrected chi connectivity index (χ4v) is 5.13. The van der Waals surface area contributed by atoms with Gasteiger partial charge in [-0.15, -0.1) is 0 Å². The summed E-state index contributed by atoms with van der Waals surface area (Å²) in [4.78, 5) is 10.6. The van der Waals surface area contributed by atoms with Crippen molar-refractivity contribution < 1.29 is 17.9 Å². The Kier molecular flexibility index (Phi) is 4.92. The summed E-state index contributed by atoms with van der Waals surface area (Å²) in [5.74, 6) is 2.03. The van der Waals surface area contributed by atoms with Gasteiger partial charge in [0.25, 0.3) is 0 Å². The molecule has 1 aliphatic rings. The number of methoxy groups -OCH3 is 2. The summed E-state index contributed by atoms with van der Waals surface area (Å²) in [5, 5.41) is 0.849. The lowest BCUT2D eigenvalue weighted by molar-refractivity contribution is 0.356. The van der Waals surface area contributed by atoms with Gasteiger partial charge in [0.05, 0.1) is 31.2 Å². The predicted molar refractivity (Wildman–Crippen MR) is 97.7 cm³/mol. The highest BCUT2D eigenvalue weighted by molar-refractivity contribution is 7.91. The van der Waals surface area contributed by atoms with Crippen LogP contribution in [-0.2, 0) is 9.84 Å². The Balaban J connectivity index is 2.16. The van der Waals surface area contributed by atoms with E-state index in [0.717, 1.165) is 5.39 Å². The maximum absolute atomic E-state index is 11.9. The molecule has 3 rings (SSSR count). The van der Waals surface area contributed by atoms with Gasteiger partial charge < -0.3 is 14.4 Å². The molecule has 7 nitrogen and oxygen atoms in total. The minimum absolute atomic E-state index is 0.106. The van der Waals surface area contributed by atoms with Gasteiger partial charge in [-0.1, -0.05) is 0 Å². The van der Waals surface area contributed by atoms with Gasteiger partial charge in [-0.2, -0.15) is 4.98 Å². The highest BCUT2D eigenvalue weighted by Gasteiger charge is 2.33. The monoisotopic (exact) mass is 385 g/mol. The van der Waals surface area contributed by atoms with Crippen LogP contribution >= 0.6 is 11.6 Å². The third-order valence-electron chi connectivity index (χ3n) is 4.42. The number of sulfone groups is 1. The van der Waals surface area contributed by atoms with Gasteiger partial charge in [0.2, 0.25) is 5.28 Å². The van der Waals surface area contributed by atoms with Crippen LogP contribution < -0.4 is 14.4 Å². The van der Waals surface area contributed by atoms with Gasteiger partial charge in [-0.3, -0.25) is 0 Å². The van der Waals surface area contributed by atoms with Crippen molar-refractivity contribution in [2.24, 2.45) is 0 Å². The Morgan fingerprint density at radius 2 is 1.92 bits per heavy atom. The number of fused-ring (bicyclic) bond motifs is 1. The lowest BCUT2D eigenvalue weighted by atomic mass is 10.1. The van der Waals surface area contributed by atoms with Crippen molar-refractivity contribution in [2.75, 3.05) is 37.2 Å². The van der Waals surface area contributed by atoms with E-state index >= 15 is 0 Å². The average Bonchev–Trinajstić information content (AvgIpc) is 2.93. The van der Waals surface area contributed by atoms with Crippen LogP contribution in [0.5, 0.6) is 11.5 Å². The Bertz CT molecular complexity index is 904. The molecule has 136 valence electrons. The molecular weight excluding hydrogens is 366 g/mol. The first-order valence-electron chi connectivity index (χ1n) is 7.95. The molecule has 0 saturated carbocycles. The molecule has 25 heavy (non-hydrogen) atoms. The number of halogens is 1. The summed E-state index contributed by atoms with van der Waals surface area (Å²) < 4.78 is 34.5. The van der Waals surface area contributed by atoms with E-state index in [9.17, 15) is 8.42 Å². The molecule has 1 unspecified atom stereocenters. The number of rotatable bonds is 5. The number of anilines is 1. The Hall–Kier alpha value is -1.80. The maximum Gasteiger partial charge on any atom is 0.224 e. The Morgan fingerprint density at radius 1 is 1.24 bits per heavy atom. The molecule has 0 radical (unpaired) electrons. The quantitative estimate of drug-likeness (QED) is 0.730. The largest absolute Gasteiger partial charge is 0.493 e. The van der Waals surface area contributed by atoms with Crippen LogP contribution in [0.15, 0.2) is 12.1 Å². The van der Waals surface area contributed by atoms with Crippen molar-refractivity contribution in [3.8, 4) is 11.5 Å². The second kappa shape index (κ2) is 6.84. The summed E-state index contributed by atoms with van der Waals surface area (Å²) in [6.07, 6.45) is 0.576. The minimum atomic E-state index is -3.01. The van der Waals surface area contributed by atoms with Gasteiger partial charge in [0.1, 0.15) is 5.82 Å². The number of ether oxygens (including phenoxy) is 2. The molecule has 0 bridgehead atoms. The first kappa shape index (κ1) is 18.0. The van der Waals surface area contributed by atoms with Gasteiger partial charge >= 0.3 is 0 Å². The van der Waals surface area contributed by atoms with Crippen LogP contribution in [-0.4, -0.2) is 56.7 Å². The topological polar surface area (TPSA) is 81.6 Å². The van der Waals surface area contributed by atoms with Gasteiger partial charge in [-0.25, -0.2) is 13.4 Å². The second-order valence-electron chi connectivity index (χ2n) is 5.88. The lowest BCUT2D eigenvalue weighted by Gasteiger charge is -2.29. The molecule has 9 heteroatoms. The zero-order valence-corrected chi connectivity index (χ0v) is 15.9. The summed E-state index contributed by atoms with van der Waals surface area (Å²) >= 11 is 6.12. The highest BCUT2D eigenvalue weighted by atomic mass is 35.5. The normalized spacial score (nSPS) is 19.1. The smallest absolute Gasteiger partial charge is 0.224 e. The van der Waals surface area contributed by atoms with Crippen molar-refractivity contribution >= 4 is 38.2 Å². The van der Waals surface area contributed by atoms with Gasteiger partial charge in [0.15, 0.2) is 21.3 Å². The molecule has 1 aromatic heterocycles. The molecule has 0 spiro atoms. The van der Waals surface area contributed by atoms with Crippen molar-refractivity contribution in [1.82, 2.24) is 9.97 Å². The minimum Gasteiger partial charge on any atom is -0.493 e. The molecule has 0 aliphatic carbocycles. The van der Waals surface area contributed by atoms with E-state index in [-0.39, 0.29) is 22.8 Å². The van der Waals surface area contributed by atoms with Crippen LogP contribution in [0, 0.1) is 0 Å². The Morgan fingerprint density at radius 3 is 2.48 bits per heavy atom. The summed E-state index contributed by atoms with van der Waals surface area (Å²) in [6, 6.07) is 3.41. The van der Waals surface area contributed by atoms with Crippen molar-refractivity contribution in [1.29, 1.82) is 0 Å². The van der Waals surface area contributed by atoms with E-state index in [0.29, 0.717) is 35.8 Å². The fourth-order valence-electron chi connectivity index (χ4n) is 3.23. The average molecular weight is 386 g/mol. The van der Waals surface area contributed by atoms with E-state index in [2.05, 4.69) is 9.97 Å². The Labute approximate surface area is 151 Å². The lowest BCUT2D eigenvalue weighted by Crippen LogP contribution is -2.37. The van der Waals surface area contributed by atoms with Crippen LogP contribution in [0.3, 0.4) is 0 Å². The summed E-state index contributed by atoms with van der Waals surface area (Å²) in [6.45, 7) is 2.57. The number of hydrogen-bond donors (Lipinski definition) is 0. The van der Waals surface area contributed by atoms with E-state index in [4.69, 9.17) is 21.1 Å². The fraction of sp³-hybridized carbons (Fsp3) is 0.500. The number of hydrogen-bond acceptors (Lipinski definition) is 7. The molecule has 1 saturated heterocycles. The SMILES string of the molecule is CCN(c1nc(Cl)nc2cc(OC)c(OC)cc12)C1CCS(=O)(=O)C1. The van der Waals surface area contributed by atoms with Gasteiger partial charge in [0, 0.05) is 24.0 Å². The third-order valence-corrected chi connectivity index (χ3v) is 6.33. The zero-order chi connectivity index (χ0) is 18.2. The van der Waals surface area contributed by atoms with E-state index in [1.54, 1.807) is 26.4 Å². The first-order chi connectivity index (χ1) is 11.9. The molecule has 1 atom stereocenters. The molecule has 1 aliphatic heterocycles. The van der Waals surface area contributed by atoms with Crippen LogP contribution in [0.4, 0.5) is 5.82 Å². The predicted octanol–water partition coefficient (Wildman–Crippen LogP) is 2.31.